The predicted molar refractivity (Wildman–Crippen MR) is 65.1 cm³/mol. The first-order chi connectivity index (χ1) is 9.40. The number of carbonyl (C=O) groups is 1. The lowest BCUT2D eigenvalue weighted by molar-refractivity contribution is -0.275. The van der Waals surface area contributed by atoms with E-state index in [0.29, 0.717) is 6.54 Å². The number of aliphatic imine (C=N–C) groups is 1. The predicted octanol–water partition coefficient (Wildman–Crippen LogP) is 1.72. The van der Waals surface area contributed by atoms with Crippen LogP contribution in [0.25, 0.3) is 0 Å². The Balaban J connectivity index is 2.29. The number of carbonyl (C=O) groups excluding carboxylic acids is 1. The molecular formula is C12H12F3N3O2. The smallest absolute Gasteiger partial charge is 0.405 e. The van der Waals surface area contributed by atoms with E-state index in [2.05, 4.69) is 20.4 Å². The minimum atomic E-state index is -4.81. The lowest BCUT2D eigenvalue weighted by atomic mass is 10.1. The maximum Gasteiger partial charge on any atom is 0.573 e. The zero-order valence-corrected chi connectivity index (χ0v) is 10.5. The summed E-state index contributed by atoms with van der Waals surface area (Å²) in [5.41, 5.74) is 0.101. The topological polar surface area (TPSA) is 62.7 Å². The summed E-state index contributed by atoms with van der Waals surface area (Å²) in [6, 6.07) is 4.53. The van der Waals surface area contributed by atoms with Crippen molar-refractivity contribution in [2.75, 3.05) is 6.54 Å². The molecule has 1 unspecified atom stereocenters. The summed E-state index contributed by atoms with van der Waals surface area (Å²) in [7, 11) is 0. The number of nitrogens with zero attached hydrogens (tertiary/aromatic N) is 1. The summed E-state index contributed by atoms with van der Waals surface area (Å²) >= 11 is 0. The van der Waals surface area contributed by atoms with E-state index in [1.807, 2.05) is 0 Å². The van der Waals surface area contributed by atoms with Crippen LogP contribution in [-0.2, 0) is 4.79 Å². The minimum Gasteiger partial charge on any atom is -0.405 e. The molecule has 0 saturated carbocycles. The summed E-state index contributed by atoms with van der Waals surface area (Å²) in [6.07, 6.45) is -4.81. The van der Waals surface area contributed by atoms with Gasteiger partial charge < -0.3 is 10.1 Å². The van der Waals surface area contributed by atoms with Crippen LogP contribution in [0.3, 0.4) is 0 Å². The van der Waals surface area contributed by atoms with Crippen molar-refractivity contribution in [1.82, 2.24) is 10.6 Å². The highest BCUT2D eigenvalue weighted by Crippen LogP contribution is 2.31. The number of hydrogen-bond donors (Lipinski definition) is 2. The van der Waals surface area contributed by atoms with E-state index in [1.165, 1.54) is 18.2 Å². The number of halogens is 3. The molecule has 5 nitrogen and oxygen atoms in total. The van der Waals surface area contributed by atoms with Crippen molar-refractivity contribution in [2.45, 2.75) is 19.3 Å². The standard InChI is InChI=1S/C12H12F3N3O2/c1-2-16-11-17-9(10(19)18-11)7-5-3-4-6-8(7)20-12(13,14)15/h3-6,9H,2H2,1H3,(H2,16,17,18,19). The van der Waals surface area contributed by atoms with E-state index in [9.17, 15) is 18.0 Å². The van der Waals surface area contributed by atoms with E-state index < -0.39 is 24.1 Å². The largest absolute Gasteiger partial charge is 0.573 e. The first-order valence-corrected chi connectivity index (χ1v) is 5.87. The number of ether oxygens (including phenoxy) is 1. The Morgan fingerprint density at radius 3 is 2.70 bits per heavy atom. The van der Waals surface area contributed by atoms with Crippen LogP contribution in [-0.4, -0.2) is 24.8 Å². The zero-order chi connectivity index (χ0) is 14.8. The number of alkyl halides is 3. The third-order valence-corrected chi connectivity index (χ3v) is 2.56. The molecule has 1 fully saturated rings. The number of hydrogen-bond acceptors (Lipinski definition) is 3. The highest BCUT2D eigenvalue weighted by Gasteiger charge is 2.36. The molecule has 1 aliphatic heterocycles. The summed E-state index contributed by atoms with van der Waals surface area (Å²) in [5, 5.41) is 5.18. The fourth-order valence-electron chi connectivity index (χ4n) is 1.83. The van der Waals surface area contributed by atoms with Crippen molar-refractivity contribution in [3.8, 4) is 5.75 Å². The Hall–Kier alpha value is -2.25. The molecule has 1 heterocycles. The van der Waals surface area contributed by atoms with E-state index in [0.717, 1.165) is 6.07 Å². The fourth-order valence-corrected chi connectivity index (χ4v) is 1.83. The van der Waals surface area contributed by atoms with Gasteiger partial charge in [-0.2, -0.15) is 0 Å². The number of rotatable bonds is 3. The highest BCUT2D eigenvalue weighted by atomic mass is 19.4. The van der Waals surface area contributed by atoms with Gasteiger partial charge in [0, 0.05) is 12.1 Å². The second-order valence-corrected chi connectivity index (χ2v) is 3.98. The Labute approximate surface area is 112 Å². The van der Waals surface area contributed by atoms with E-state index in [1.54, 1.807) is 6.92 Å². The number of amides is 1. The van der Waals surface area contributed by atoms with Crippen molar-refractivity contribution in [2.24, 2.45) is 4.99 Å². The molecule has 0 aromatic heterocycles. The Kier molecular flexibility index (Phi) is 3.82. The van der Waals surface area contributed by atoms with Crippen LogP contribution in [0.15, 0.2) is 29.3 Å². The molecule has 1 atom stereocenters. The van der Waals surface area contributed by atoms with Gasteiger partial charge >= 0.3 is 6.36 Å². The average Bonchev–Trinajstić information content (AvgIpc) is 2.69. The monoisotopic (exact) mass is 287 g/mol. The van der Waals surface area contributed by atoms with Gasteiger partial charge in [0.15, 0.2) is 5.96 Å². The second kappa shape index (κ2) is 5.40. The van der Waals surface area contributed by atoms with Crippen LogP contribution < -0.4 is 15.4 Å². The molecule has 108 valence electrons. The minimum absolute atomic E-state index is 0.101. The molecule has 0 bridgehead atoms. The van der Waals surface area contributed by atoms with Crippen LogP contribution in [0.5, 0.6) is 5.75 Å². The molecule has 0 aliphatic carbocycles. The molecule has 1 saturated heterocycles. The SMILES string of the molecule is CCN=C1NC(=O)C(c2ccccc2OC(F)(F)F)N1. The van der Waals surface area contributed by atoms with E-state index in [-0.39, 0.29) is 11.5 Å². The van der Waals surface area contributed by atoms with Gasteiger partial charge in [-0.05, 0) is 13.0 Å². The molecule has 1 aliphatic rings. The van der Waals surface area contributed by atoms with Crippen LogP contribution >= 0.6 is 0 Å². The number of benzene rings is 1. The summed E-state index contributed by atoms with van der Waals surface area (Å²) < 4.78 is 40.9. The molecule has 1 amide bonds. The molecule has 2 N–H and O–H groups in total. The first-order valence-electron chi connectivity index (χ1n) is 5.87. The van der Waals surface area contributed by atoms with Gasteiger partial charge in [0.1, 0.15) is 11.8 Å². The molecule has 1 aromatic carbocycles. The van der Waals surface area contributed by atoms with Crippen LogP contribution in [0, 0.1) is 0 Å². The number of nitrogens with one attached hydrogen (secondary N) is 2. The molecule has 8 heteroatoms. The molecule has 20 heavy (non-hydrogen) atoms. The van der Waals surface area contributed by atoms with Gasteiger partial charge in [0.05, 0.1) is 0 Å². The van der Waals surface area contributed by atoms with Crippen molar-refractivity contribution < 1.29 is 22.7 Å². The fraction of sp³-hybridized carbons (Fsp3) is 0.333. The maximum absolute atomic E-state index is 12.3. The Morgan fingerprint density at radius 1 is 1.35 bits per heavy atom. The van der Waals surface area contributed by atoms with Crippen molar-refractivity contribution in [1.29, 1.82) is 0 Å². The van der Waals surface area contributed by atoms with Crippen molar-refractivity contribution >= 4 is 11.9 Å². The van der Waals surface area contributed by atoms with Crippen molar-refractivity contribution in [3.63, 3.8) is 0 Å². The first kappa shape index (κ1) is 14.2. The molecule has 0 spiro atoms. The summed E-state index contributed by atoms with van der Waals surface area (Å²) in [5.74, 6) is -0.648. The number of guanidine groups is 1. The van der Waals surface area contributed by atoms with Crippen LogP contribution in [0.2, 0.25) is 0 Å². The average molecular weight is 287 g/mol. The van der Waals surface area contributed by atoms with Gasteiger partial charge in [0.25, 0.3) is 5.91 Å². The van der Waals surface area contributed by atoms with E-state index in [4.69, 9.17) is 0 Å². The second-order valence-electron chi connectivity index (χ2n) is 3.98. The highest BCUT2D eigenvalue weighted by molar-refractivity contribution is 6.07. The Morgan fingerprint density at radius 2 is 2.05 bits per heavy atom. The van der Waals surface area contributed by atoms with Gasteiger partial charge in [-0.25, -0.2) is 0 Å². The lowest BCUT2D eigenvalue weighted by Crippen LogP contribution is -2.25. The zero-order valence-electron chi connectivity index (χ0n) is 10.5. The third-order valence-electron chi connectivity index (χ3n) is 2.56. The molecule has 1 aromatic rings. The van der Waals surface area contributed by atoms with Gasteiger partial charge in [-0.15, -0.1) is 13.2 Å². The molecular weight excluding hydrogens is 275 g/mol. The number of para-hydroxylation sites is 1. The van der Waals surface area contributed by atoms with Gasteiger partial charge in [-0.3, -0.25) is 15.1 Å². The Bertz CT molecular complexity index is 543. The summed E-state index contributed by atoms with van der Waals surface area (Å²) in [6.45, 7) is 2.21. The van der Waals surface area contributed by atoms with Crippen LogP contribution in [0.1, 0.15) is 18.5 Å². The van der Waals surface area contributed by atoms with Crippen LogP contribution in [0.4, 0.5) is 13.2 Å². The van der Waals surface area contributed by atoms with E-state index >= 15 is 0 Å². The normalized spacial score (nSPS) is 20.7. The quantitative estimate of drug-likeness (QED) is 0.890. The van der Waals surface area contributed by atoms with Gasteiger partial charge in [0.2, 0.25) is 0 Å². The lowest BCUT2D eigenvalue weighted by Gasteiger charge is -2.15. The molecule has 0 radical (unpaired) electrons. The van der Waals surface area contributed by atoms with Crippen molar-refractivity contribution in [3.05, 3.63) is 29.8 Å². The molecule has 2 rings (SSSR count). The maximum atomic E-state index is 12.3. The van der Waals surface area contributed by atoms with Gasteiger partial charge in [-0.1, -0.05) is 18.2 Å². The third kappa shape index (κ3) is 3.19. The summed E-state index contributed by atoms with van der Waals surface area (Å²) in [4.78, 5) is 15.8.